The Kier molecular flexibility index (Phi) is 4.09. The van der Waals surface area contributed by atoms with Crippen molar-refractivity contribution < 1.29 is 27.5 Å². The minimum Gasteiger partial charge on any atom is -0.457 e. The number of rotatable bonds is 4. The second-order valence-electron chi connectivity index (χ2n) is 3.73. The molecule has 0 atom stereocenters. The first-order valence-electron chi connectivity index (χ1n) is 5.52. The summed E-state index contributed by atoms with van der Waals surface area (Å²) < 4.78 is 35.3. The van der Waals surface area contributed by atoms with E-state index in [2.05, 4.69) is 10.1 Å². The number of amides is 1. The number of hydrogen-bond acceptors (Lipinski definition) is 4. The van der Waals surface area contributed by atoms with Gasteiger partial charge in [0.1, 0.15) is 11.6 Å². The lowest BCUT2D eigenvalue weighted by Crippen LogP contribution is -2.21. The van der Waals surface area contributed by atoms with Gasteiger partial charge in [-0.3, -0.25) is 4.79 Å². The summed E-state index contributed by atoms with van der Waals surface area (Å²) in [6, 6.07) is 5.55. The molecule has 1 N–H and O–H groups in total. The summed E-state index contributed by atoms with van der Waals surface area (Å²) in [6.07, 6.45) is 1.28. The van der Waals surface area contributed by atoms with Crippen molar-refractivity contribution in [3.63, 3.8) is 0 Å². The van der Waals surface area contributed by atoms with Crippen LogP contribution in [0.2, 0.25) is 0 Å². The monoisotopic (exact) mass is 281 g/mol. The fourth-order valence-electron chi connectivity index (χ4n) is 1.37. The Morgan fingerprint density at radius 2 is 2.05 bits per heavy atom. The number of anilines is 1. The Balaban J connectivity index is 1.88. The number of esters is 1. The van der Waals surface area contributed by atoms with Crippen molar-refractivity contribution in [1.29, 1.82) is 0 Å². The Labute approximate surface area is 112 Å². The molecule has 0 aliphatic rings. The van der Waals surface area contributed by atoms with Gasteiger partial charge in [0.25, 0.3) is 5.91 Å². The Hall–Kier alpha value is -2.70. The van der Waals surface area contributed by atoms with Gasteiger partial charge in [-0.15, -0.1) is 0 Å². The molecule has 0 fully saturated rings. The van der Waals surface area contributed by atoms with Gasteiger partial charge in [-0.1, -0.05) is 0 Å². The van der Waals surface area contributed by atoms with E-state index >= 15 is 0 Å². The maximum Gasteiger partial charge on any atom is 0.374 e. The van der Waals surface area contributed by atoms with Crippen molar-refractivity contribution in [3.8, 4) is 0 Å². The topological polar surface area (TPSA) is 68.5 Å². The average molecular weight is 281 g/mol. The van der Waals surface area contributed by atoms with Crippen LogP contribution in [0.3, 0.4) is 0 Å². The fourth-order valence-corrected chi connectivity index (χ4v) is 1.37. The maximum absolute atomic E-state index is 13.3. The first-order chi connectivity index (χ1) is 9.56. The van der Waals surface area contributed by atoms with Gasteiger partial charge in [-0.25, -0.2) is 13.6 Å². The number of nitrogens with one attached hydrogen (secondary N) is 1. The predicted octanol–water partition coefficient (Wildman–Crippen LogP) is 2.35. The van der Waals surface area contributed by atoms with Crippen molar-refractivity contribution in [3.05, 3.63) is 54.0 Å². The van der Waals surface area contributed by atoms with E-state index in [0.717, 1.165) is 12.1 Å². The summed E-state index contributed by atoms with van der Waals surface area (Å²) in [5.74, 6) is -3.30. The molecule has 0 saturated carbocycles. The number of halogens is 2. The average Bonchev–Trinajstić information content (AvgIpc) is 2.93. The lowest BCUT2D eigenvalue weighted by atomic mass is 10.3. The summed E-state index contributed by atoms with van der Waals surface area (Å²) in [5.41, 5.74) is -0.203. The van der Waals surface area contributed by atoms with E-state index in [4.69, 9.17) is 4.42 Å². The van der Waals surface area contributed by atoms with E-state index in [1.807, 2.05) is 0 Å². The zero-order valence-corrected chi connectivity index (χ0v) is 10.1. The summed E-state index contributed by atoms with van der Waals surface area (Å²) in [5, 5.41) is 2.15. The Morgan fingerprint density at radius 3 is 2.70 bits per heavy atom. The molecule has 0 spiro atoms. The highest BCUT2D eigenvalue weighted by atomic mass is 19.1. The van der Waals surface area contributed by atoms with E-state index in [1.54, 1.807) is 0 Å². The molecule has 2 rings (SSSR count). The smallest absolute Gasteiger partial charge is 0.374 e. The predicted molar refractivity (Wildman–Crippen MR) is 64.0 cm³/mol. The molecule has 2 aromatic rings. The van der Waals surface area contributed by atoms with Crippen LogP contribution in [0, 0.1) is 11.6 Å². The van der Waals surface area contributed by atoms with Crippen LogP contribution in [0.4, 0.5) is 14.5 Å². The van der Waals surface area contributed by atoms with Crippen LogP contribution in [-0.2, 0) is 9.53 Å². The van der Waals surface area contributed by atoms with Gasteiger partial charge in [0, 0.05) is 6.07 Å². The summed E-state index contributed by atoms with van der Waals surface area (Å²) in [4.78, 5) is 22.8. The SMILES string of the molecule is O=C(COC(=O)c1ccco1)Nc1ccc(F)cc1F. The van der Waals surface area contributed by atoms with Gasteiger partial charge in [0.2, 0.25) is 5.76 Å². The van der Waals surface area contributed by atoms with Crippen molar-refractivity contribution in [2.75, 3.05) is 11.9 Å². The zero-order valence-electron chi connectivity index (χ0n) is 10.1. The highest BCUT2D eigenvalue weighted by molar-refractivity contribution is 5.94. The first kappa shape index (κ1) is 13.7. The molecule has 0 bridgehead atoms. The van der Waals surface area contributed by atoms with Crippen LogP contribution in [0.5, 0.6) is 0 Å². The molecule has 1 amide bonds. The van der Waals surface area contributed by atoms with Crippen molar-refractivity contribution in [1.82, 2.24) is 0 Å². The minimum absolute atomic E-state index is 0.0502. The standard InChI is InChI=1S/C13H9F2NO4/c14-8-3-4-10(9(15)6-8)16-12(17)7-20-13(18)11-2-1-5-19-11/h1-6H,7H2,(H,16,17). The van der Waals surface area contributed by atoms with Gasteiger partial charge < -0.3 is 14.5 Å². The van der Waals surface area contributed by atoms with Crippen molar-refractivity contribution >= 4 is 17.6 Å². The molecule has 20 heavy (non-hydrogen) atoms. The Bertz CT molecular complexity index is 625. The normalized spacial score (nSPS) is 10.1. The lowest BCUT2D eigenvalue weighted by Gasteiger charge is -2.06. The van der Waals surface area contributed by atoms with Gasteiger partial charge in [-0.2, -0.15) is 0 Å². The van der Waals surface area contributed by atoms with Crippen LogP contribution < -0.4 is 5.32 Å². The van der Waals surface area contributed by atoms with Crippen LogP contribution in [-0.4, -0.2) is 18.5 Å². The van der Waals surface area contributed by atoms with E-state index in [-0.39, 0.29) is 11.4 Å². The van der Waals surface area contributed by atoms with Gasteiger partial charge >= 0.3 is 5.97 Å². The second kappa shape index (κ2) is 5.96. The Morgan fingerprint density at radius 1 is 1.25 bits per heavy atom. The quantitative estimate of drug-likeness (QED) is 0.873. The molecule has 1 heterocycles. The largest absolute Gasteiger partial charge is 0.457 e. The van der Waals surface area contributed by atoms with Crippen LogP contribution in [0.1, 0.15) is 10.6 Å². The van der Waals surface area contributed by atoms with Crippen molar-refractivity contribution in [2.45, 2.75) is 0 Å². The molecule has 1 aromatic heterocycles. The van der Waals surface area contributed by atoms with E-state index in [9.17, 15) is 18.4 Å². The van der Waals surface area contributed by atoms with E-state index < -0.39 is 30.1 Å². The maximum atomic E-state index is 13.3. The second-order valence-corrected chi connectivity index (χ2v) is 3.73. The number of carbonyl (C=O) groups excluding carboxylic acids is 2. The van der Waals surface area contributed by atoms with Gasteiger partial charge in [0.05, 0.1) is 12.0 Å². The summed E-state index contributed by atoms with van der Waals surface area (Å²) in [6.45, 7) is -0.615. The molecule has 1 aromatic carbocycles. The zero-order chi connectivity index (χ0) is 14.5. The number of benzene rings is 1. The third-order valence-electron chi connectivity index (χ3n) is 2.26. The molecule has 0 unspecified atom stereocenters. The summed E-state index contributed by atoms with van der Waals surface area (Å²) in [7, 11) is 0. The third-order valence-corrected chi connectivity index (χ3v) is 2.26. The molecule has 0 aliphatic heterocycles. The fraction of sp³-hybridized carbons (Fsp3) is 0.0769. The lowest BCUT2D eigenvalue weighted by molar-refractivity contribution is -0.119. The van der Waals surface area contributed by atoms with Crippen molar-refractivity contribution in [2.24, 2.45) is 0 Å². The molecule has 0 saturated heterocycles. The first-order valence-corrected chi connectivity index (χ1v) is 5.52. The van der Waals surface area contributed by atoms with Gasteiger partial charge in [-0.05, 0) is 24.3 Å². The van der Waals surface area contributed by atoms with E-state index in [0.29, 0.717) is 6.07 Å². The van der Waals surface area contributed by atoms with Crippen LogP contribution >= 0.6 is 0 Å². The van der Waals surface area contributed by atoms with E-state index in [1.165, 1.54) is 18.4 Å². The minimum atomic E-state index is -0.921. The highest BCUT2D eigenvalue weighted by Gasteiger charge is 2.13. The number of ether oxygens (including phenoxy) is 1. The number of hydrogen-bond donors (Lipinski definition) is 1. The van der Waals surface area contributed by atoms with Crippen LogP contribution in [0.25, 0.3) is 0 Å². The number of carbonyl (C=O) groups is 2. The molecular weight excluding hydrogens is 272 g/mol. The molecule has 104 valence electrons. The van der Waals surface area contributed by atoms with Gasteiger partial charge in [0.15, 0.2) is 6.61 Å². The molecule has 7 heteroatoms. The number of furan rings is 1. The molecule has 0 aliphatic carbocycles. The third kappa shape index (κ3) is 3.41. The summed E-state index contributed by atoms with van der Waals surface area (Å²) >= 11 is 0. The molecule has 5 nitrogen and oxygen atoms in total. The van der Waals surface area contributed by atoms with Crippen LogP contribution in [0.15, 0.2) is 41.0 Å². The highest BCUT2D eigenvalue weighted by Crippen LogP contribution is 2.14. The molecule has 0 radical (unpaired) electrons. The molecular formula is C13H9F2NO4.